The van der Waals surface area contributed by atoms with Gasteiger partial charge in [0.1, 0.15) is 0 Å². The fraction of sp³-hybridized carbons (Fsp3) is 0.400. The van der Waals surface area contributed by atoms with Crippen LogP contribution in [0.5, 0.6) is 0 Å². The summed E-state index contributed by atoms with van der Waals surface area (Å²) in [5.74, 6) is 0.149. The topological polar surface area (TPSA) is 49.9 Å². The van der Waals surface area contributed by atoms with Gasteiger partial charge in [-0.15, -0.1) is 0 Å². The molecule has 2 amide bonds. The predicted molar refractivity (Wildman–Crippen MR) is 97.4 cm³/mol. The van der Waals surface area contributed by atoms with Crippen LogP contribution in [-0.4, -0.2) is 54.6 Å². The maximum Gasteiger partial charge on any atom is 0.409 e. The zero-order valence-electron chi connectivity index (χ0n) is 14.6. The minimum Gasteiger partial charge on any atom is -0.450 e. The molecule has 2 aromatic carbocycles. The average Bonchev–Trinajstić information content (AvgIpc) is 2.66. The SMILES string of the molecule is CCOC(=O)N1CCN(C(=O)CCc2cccc3ccccc23)CC1. The Morgan fingerprint density at radius 3 is 2.40 bits per heavy atom. The second-order valence-corrected chi connectivity index (χ2v) is 6.21. The van der Waals surface area contributed by atoms with E-state index in [0.29, 0.717) is 39.2 Å². The van der Waals surface area contributed by atoms with Crippen LogP contribution in [0.4, 0.5) is 4.79 Å². The molecule has 0 N–H and O–H groups in total. The standard InChI is InChI=1S/C20H24N2O3/c1-2-25-20(24)22-14-12-21(13-15-22)19(23)11-10-17-8-5-7-16-6-3-4-9-18(16)17/h3-9H,2,10-15H2,1H3. The Bertz CT molecular complexity index is 746. The highest BCUT2D eigenvalue weighted by molar-refractivity contribution is 5.86. The Balaban J connectivity index is 1.54. The lowest BCUT2D eigenvalue weighted by molar-refractivity contribution is -0.132. The first-order valence-electron chi connectivity index (χ1n) is 8.85. The van der Waals surface area contributed by atoms with Crippen molar-refractivity contribution in [1.82, 2.24) is 9.80 Å². The smallest absolute Gasteiger partial charge is 0.409 e. The van der Waals surface area contributed by atoms with Crippen LogP contribution in [0, 0.1) is 0 Å². The average molecular weight is 340 g/mol. The third-order valence-corrected chi connectivity index (χ3v) is 4.65. The van der Waals surface area contributed by atoms with E-state index < -0.39 is 0 Å². The van der Waals surface area contributed by atoms with Crippen LogP contribution < -0.4 is 0 Å². The minimum absolute atomic E-state index is 0.149. The fourth-order valence-corrected chi connectivity index (χ4v) is 3.26. The van der Waals surface area contributed by atoms with Gasteiger partial charge in [-0.25, -0.2) is 4.79 Å². The van der Waals surface area contributed by atoms with E-state index in [1.165, 1.54) is 16.3 Å². The quantitative estimate of drug-likeness (QED) is 0.859. The van der Waals surface area contributed by atoms with Crippen molar-refractivity contribution in [3.63, 3.8) is 0 Å². The van der Waals surface area contributed by atoms with Crippen LogP contribution >= 0.6 is 0 Å². The predicted octanol–water partition coefficient (Wildman–Crippen LogP) is 3.07. The molecule has 0 spiro atoms. The summed E-state index contributed by atoms with van der Waals surface area (Å²) >= 11 is 0. The van der Waals surface area contributed by atoms with Crippen molar-refractivity contribution in [2.45, 2.75) is 19.8 Å². The molecule has 1 saturated heterocycles. The molecule has 3 rings (SSSR count). The van der Waals surface area contributed by atoms with Crippen LogP contribution in [0.1, 0.15) is 18.9 Å². The number of hydrogen-bond donors (Lipinski definition) is 0. The summed E-state index contributed by atoms with van der Waals surface area (Å²) in [7, 11) is 0. The van der Waals surface area contributed by atoms with E-state index in [0.717, 1.165) is 6.42 Å². The molecular weight excluding hydrogens is 316 g/mol. The highest BCUT2D eigenvalue weighted by Crippen LogP contribution is 2.20. The van der Waals surface area contributed by atoms with Crippen molar-refractivity contribution in [3.8, 4) is 0 Å². The number of hydrogen-bond acceptors (Lipinski definition) is 3. The Hall–Kier alpha value is -2.56. The number of piperazine rings is 1. The molecule has 2 aromatic rings. The van der Waals surface area contributed by atoms with Gasteiger partial charge in [0.2, 0.25) is 5.91 Å². The number of carbonyl (C=O) groups is 2. The summed E-state index contributed by atoms with van der Waals surface area (Å²) in [5.41, 5.74) is 1.21. The molecule has 0 aromatic heterocycles. The summed E-state index contributed by atoms with van der Waals surface area (Å²) in [5, 5.41) is 2.42. The molecule has 132 valence electrons. The molecule has 1 aliphatic rings. The molecule has 0 bridgehead atoms. The van der Waals surface area contributed by atoms with E-state index in [4.69, 9.17) is 4.74 Å². The van der Waals surface area contributed by atoms with E-state index in [1.807, 2.05) is 23.1 Å². The lowest BCUT2D eigenvalue weighted by Crippen LogP contribution is -2.50. The Labute approximate surface area is 148 Å². The minimum atomic E-state index is -0.287. The van der Waals surface area contributed by atoms with Crippen LogP contribution in [0.15, 0.2) is 42.5 Å². The lowest BCUT2D eigenvalue weighted by atomic mass is 10.0. The van der Waals surface area contributed by atoms with Gasteiger partial charge in [-0.2, -0.15) is 0 Å². The van der Waals surface area contributed by atoms with Gasteiger partial charge in [-0.1, -0.05) is 42.5 Å². The first-order valence-corrected chi connectivity index (χ1v) is 8.85. The van der Waals surface area contributed by atoms with Crippen LogP contribution in [0.3, 0.4) is 0 Å². The van der Waals surface area contributed by atoms with E-state index in [1.54, 1.807) is 11.8 Å². The number of fused-ring (bicyclic) bond motifs is 1. The molecule has 5 nitrogen and oxygen atoms in total. The molecule has 0 saturated carbocycles. The van der Waals surface area contributed by atoms with E-state index in [-0.39, 0.29) is 12.0 Å². The second-order valence-electron chi connectivity index (χ2n) is 6.21. The number of ether oxygens (including phenoxy) is 1. The van der Waals surface area contributed by atoms with Crippen molar-refractivity contribution in [2.24, 2.45) is 0 Å². The third kappa shape index (κ3) is 4.10. The van der Waals surface area contributed by atoms with Crippen molar-refractivity contribution in [1.29, 1.82) is 0 Å². The zero-order valence-corrected chi connectivity index (χ0v) is 14.6. The molecular formula is C20H24N2O3. The Kier molecular flexibility index (Phi) is 5.53. The summed E-state index contributed by atoms with van der Waals surface area (Å²) in [6.45, 7) is 4.41. The van der Waals surface area contributed by atoms with Crippen molar-refractivity contribution in [3.05, 3.63) is 48.0 Å². The van der Waals surface area contributed by atoms with Gasteiger partial charge in [0.25, 0.3) is 0 Å². The lowest BCUT2D eigenvalue weighted by Gasteiger charge is -2.34. The van der Waals surface area contributed by atoms with Gasteiger partial charge < -0.3 is 14.5 Å². The number of nitrogens with zero attached hydrogens (tertiary/aromatic N) is 2. The molecule has 1 heterocycles. The molecule has 0 unspecified atom stereocenters. The monoisotopic (exact) mass is 340 g/mol. The van der Waals surface area contributed by atoms with E-state index >= 15 is 0 Å². The maximum atomic E-state index is 12.5. The van der Waals surface area contributed by atoms with Gasteiger partial charge in [0.15, 0.2) is 0 Å². The number of rotatable bonds is 4. The van der Waals surface area contributed by atoms with Gasteiger partial charge in [0.05, 0.1) is 6.61 Å². The first kappa shape index (κ1) is 17.3. The molecule has 0 aliphatic carbocycles. The Morgan fingerprint density at radius 1 is 0.960 bits per heavy atom. The third-order valence-electron chi connectivity index (χ3n) is 4.65. The van der Waals surface area contributed by atoms with Crippen LogP contribution in [0.25, 0.3) is 10.8 Å². The second kappa shape index (κ2) is 8.01. The van der Waals surface area contributed by atoms with Crippen LogP contribution in [0.2, 0.25) is 0 Å². The summed E-state index contributed by atoms with van der Waals surface area (Å²) in [6, 6.07) is 14.5. The molecule has 5 heteroatoms. The zero-order chi connectivity index (χ0) is 17.6. The highest BCUT2D eigenvalue weighted by Gasteiger charge is 2.24. The van der Waals surface area contributed by atoms with Gasteiger partial charge in [-0.05, 0) is 29.7 Å². The first-order chi connectivity index (χ1) is 12.2. The van der Waals surface area contributed by atoms with Crippen LogP contribution in [-0.2, 0) is 16.0 Å². The molecule has 25 heavy (non-hydrogen) atoms. The molecule has 0 radical (unpaired) electrons. The highest BCUT2D eigenvalue weighted by atomic mass is 16.6. The summed E-state index contributed by atoms with van der Waals surface area (Å²) < 4.78 is 5.01. The Morgan fingerprint density at radius 2 is 1.64 bits per heavy atom. The van der Waals surface area contributed by atoms with Crippen molar-refractivity contribution < 1.29 is 14.3 Å². The number of carbonyl (C=O) groups excluding carboxylic acids is 2. The molecule has 0 atom stereocenters. The number of benzene rings is 2. The normalized spacial score (nSPS) is 14.6. The summed E-state index contributed by atoms with van der Waals surface area (Å²) in [4.78, 5) is 27.7. The molecule has 1 aliphatic heterocycles. The fourth-order valence-electron chi connectivity index (χ4n) is 3.26. The van der Waals surface area contributed by atoms with Gasteiger partial charge >= 0.3 is 6.09 Å². The maximum absolute atomic E-state index is 12.5. The largest absolute Gasteiger partial charge is 0.450 e. The van der Waals surface area contributed by atoms with E-state index in [9.17, 15) is 9.59 Å². The number of amides is 2. The summed E-state index contributed by atoms with van der Waals surface area (Å²) in [6.07, 6.45) is 0.941. The number of aryl methyl sites for hydroxylation is 1. The van der Waals surface area contributed by atoms with Crippen molar-refractivity contribution in [2.75, 3.05) is 32.8 Å². The van der Waals surface area contributed by atoms with E-state index in [2.05, 4.69) is 24.3 Å². The molecule has 1 fully saturated rings. The van der Waals surface area contributed by atoms with Gasteiger partial charge in [-0.3, -0.25) is 4.79 Å². The van der Waals surface area contributed by atoms with Gasteiger partial charge in [0, 0.05) is 32.6 Å². The van der Waals surface area contributed by atoms with Crippen molar-refractivity contribution >= 4 is 22.8 Å².